The lowest BCUT2D eigenvalue weighted by atomic mass is 9.94. The van der Waals surface area contributed by atoms with E-state index in [4.69, 9.17) is 9.47 Å². The molecule has 132 valence electrons. The largest absolute Gasteiger partial charge is 0.452 e. The Morgan fingerprint density at radius 3 is 2.64 bits per heavy atom. The van der Waals surface area contributed by atoms with Crippen LogP contribution < -0.4 is 0 Å². The molecule has 0 amide bonds. The van der Waals surface area contributed by atoms with Gasteiger partial charge in [0.1, 0.15) is 0 Å². The smallest absolute Gasteiger partial charge is 0.312 e. The van der Waals surface area contributed by atoms with Crippen LogP contribution in [0.2, 0.25) is 0 Å². The number of thioether (sulfide) groups is 1. The first-order valence-corrected chi connectivity index (χ1v) is 9.42. The van der Waals surface area contributed by atoms with Crippen LogP contribution in [0.1, 0.15) is 49.1 Å². The number of benzene rings is 2. The van der Waals surface area contributed by atoms with Crippen LogP contribution in [0, 0.1) is 5.41 Å². The van der Waals surface area contributed by atoms with E-state index in [2.05, 4.69) is 30.3 Å². The van der Waals surface area contributed by atoms with Crippen molar-refractivity contribution in [1.82, 2.24) is 0 Å². The third-order valence-electron chi connectivity index (χ3n) is 4.23. The average Bonchev–Trinajstić information content (AvgIpc) is 2.72. The first kappa shape index (κ1) is 18.0. The van der Waals surface area contributed by atoms with E-state index in [1.54, 1.807) is 18.9 Å². The highest BCUT2D eigenvalue weighted by molar-refractivity contribution is 7.98. The van der Waals surface area contributed by atoms with Gasteiger partial charge in [0.15, 0.2) is 6.10 Å². The molecule has 0 saturated heterocycles. The summed E-state index contributed by atoms with van der Waals surface area (Å²) >= 11 is 1.78. The van der Waals surface area contributed by atoms with Gasteiger partial charge in [-0.2, -0.15) is 0 Å². The molecular weight excluding hydrogens is 332 g/mol. The first-order chi connectivity index (χ1) is 11.9. The molecule has 0 fully saturated rings. The number of rotatable bonds is 3. The second-order valence-corrected chi connectivity index (χ2v) is 8.35. The fourth-order valence-electron chi connectivity index (χ4n) is 2.83. The van der Waals surface area contributed by atoms with E-state index in [0.29, 0.717) is 6.61 Å². The van der Waals surface area contributed by atoms with Gasteiger partial charge >= 0.3 is 5.97 Å². The van der Waals surface area contributed by atoms with Gasteiger partial charge in [0.05, 0.1) is 12.0 Å². The van der Waals surface area contributed by atoms with Crippen molar-refractivity contribution < 1.29 is 14.3 Å². The third kappa shape index (κ3) is 3.91. The van der Waals surface area contributed by atoms with E-state index in [1.807, 2.05) is 32.9 Å². The van der Waals surface area contributed by atoms with E-state index in [1.165, 1.54) is 5.56 Å². The Bertz CT molecular complexity index is 777. The molecule has 1 atom stereocenters. The average molecular weight is 356 g/mol. The third-order valence-corrected chi connectivity index (χ3v) is 5.35. The number of hydrogen-bond donors (Lipinski definition) is 0. The molecular formula is C21H24O3S. The van der Waals surface area contributed by atoms with Crippen molar-refractivity contribution >= 4 is 17.7 Å². The quantitative estimate of drug-likeness (QED) is 0.715. The summed E-state index contributed by atoms with van der Waals surface area (Å²) in [5, 5.41) is 0. The molecule has 2 aromatic rings. The van der Waals surface area contributed by atoms with Gasteiger partial charge in [0.25, 0.3) is 0 Å². The van der Waals surface area contributed by atoms with Crippen LogP contribution in [0.3, 0.4) is 0 Å². The van der Waals surface area contributed by atoms with Crippen molar-refractivity contribution in [2.45, 2.75) is 44.1 Å². The summed E-state index contributed by atoms with van der Waals surface area (Å²) < 4.78 is 11.3. The Labute approximate surface area is 153 Å². The highest BCUT2D eigenvalue weighted by Gasteiger charge is 2.31. The maximum atomic E-state index is 12.6. The van der Waals surface area contributed by atoms with Crippen molar-refractivity contribution in [2.24, 2.45) is 5.41 Å². The van der Waals surface area contributed by atoms with Crippen molar-refractivity contribution in [1.29, 1.82) is 0 Å². The van der Waals surface area contributed by atoms with Crippen molar-refractivity contribution in [2.75, 3.05) is 7.11 Å². The Hall–Kier alpha value is -1.78. The van der Waals surface area contributed by atoms with E-state index < -0.39 is 5.41 Å². The Balaban J connectivity index is 2.06. The molecule has 0 N–H and O–H groups in total. The van der Waals surface area contributed by atoms with Crippen LogP contribution in [0.25, 0.3) is 0 Å². The summed E-state index contributed by atoms with van der Waals surface area (Å²) in [5.74, 6) is 0.675. The minimum Gasteiger partial charge on any atom is -0.452 e. The number of hydrogen-bond acceptors (Lipinski definition) is 4. The molecule has 0 aliphatic carbocycles. The molecule has 0 radical (unpaired) electrons. The van der Waals surface area contributed by atoms with Crippen molar-refractivity contribution in [3.63, 3.8) is 0 Å². The molecule has 1 aliphatic rings. The fourth-order valence-corrected chi connectivity index (χ4v) is 3.98. The number of ether oxygens (including phenoxy) is 2. The zero-order valence-electron chi connectivity index (χ0n) is 15.2. The molecule has 0 bridgehead atoms. The van der Waals surface area contributed by atoms with Gasteiger partial charge < -0.3 is 9.47 Å². The molecule has 2 aromatic carbocycles. The number of carbonyl (C=O) groups is 1. The van der Waals surface area contributed by atoms with Gasteiger partial charge in [-0.1, -0.05) is 36.4 Å². The van der Waals surface area contributed by atoms with Crippen LogP contribution >= 0.6 is 11.8 Å². The molecule has 4 heteroatoms. The van der Waals surface area contributed by atoms with Gasteiger partial charge in [-0.3, -0.25) is 4.79 Å². The SMILES string of the molecule is COCc1ccc2c(c1)SCc1ccccc1C2OC(=O)C(C)(C)C. The van der Waals surface area contributed by atoms with Gasteiger partial charge in [0, 0.05) is 28.9 Å². The number of methoxy groups -OCH3 is 1. The molecule has 0 aromatic heterocycles. The Morgan fingerprint density at radius 1 is 1.16 bits per heavy atom. The zero-order valence-corrected chi connectivity index (χ0v) is 16.0. The first-order valence-electron chi connectivity index (χ1n) is 8.43. The topological polar surface area (TPSA) is 35.5 Å². The number of carbonyl (C=O) groups excluding carboxylic acids is 1. The summed E-state index contributed by atoms with van der Waals surface area (Å²) in [4.78, 5) is 13.7. The van der Waals surface area contributed by atoms with Gasteiger partial charge in [-0.25, -0.2) is 0 Å². The Morgan fingerprint density at radius 2 is 1.92 bits per heavy atom. The molecule has 0 saturated carbocycles. The predicted octanol–water partition coefficient (Wildman–Crippen LogP) is 5.12. The minimum atomic E-state index is -0.537. The fraction of sp³-hybridized carbons (Fsp3) is 0.381. The second-order valence-electron chi connectivity index (χ2n) is 7.33. The lowest BCUT2D eigenvalue weighted by Crippen LogP contribution is -2.25. The molecule has 3 rings (SSSR count). The van der Waals surface area contributed by atoms with Crippen LogP contribution in [-0.2, 0) is 26.6 Å². The maximum Gasteiger partial charge on any atom is 0.312 e. The minimum absolute atomic E-state index is 0.189. The van der Waals surface area contributed by atoms with E-state index in [9.17, 15) is 4.79 Å². The van der Waals surface area contributed by atoms with E-state index in [0.717, 1.165) is 27.3 Å². The highest BCUT2D eigenvalue weighted by atomic mass is 32.2. The molecule has 1 heterocycles. The van der Waals surface area contributed by atoms with Crippen molar-refractivity contribution in [3.8, 4) is 0 Å². The molecule has 3 nitrogen and oxygen atoms in total. The lowest BCUT2D eigenvalue weighted by Gasteiger charge is -2.25. The van der Waals surface area contributed by atoms with Gasteiger partial charge in [-0.15, -0.1) is 11.8 Å². The molecule has 1 unspecified atom stereocenters. The summed E-state index contributed by atoms with van der Waals surface area (Å²) in [5.41, 5.74) is 3.92. The zero-order chi connectivity index (χ0) is 18.0. The monoisotopic (exact) mass is 356 g/mol. The van der Waals surface area contributed by atoms with Crippen LogP contribution in [0.4, 0.5) is 0 Å². The normalized spacial score (nSPS) is 16.6. The summed E-state index contributed by atoms with van der Waals surface area (Å²) in [6.07, 6.45) is -0.371. The van der Waals surface area contributed by atoms with E-state index in [-0.39, 0.29) is 12.1 Å². The van der Waals surface area contributed by atoms with Gasteiger partial charge in [0.2, 0.25) is 0 Å². The van der Waals surface area contributed by atoms with Gasteiger partial charge in [-0.05, 0) is 38.0 Å². The molecule has 25 heavy (non-hydrogen) atoms. The summed E-state index contributed by atoms with van der Waals surface area (Å²) in [6, 6.07) is 14.5. The second kappa shape index (κ2) is 7.22. The van der Waals surface area contributed by atoms with Crippen molar-refractivity contribution in [3.05, 3.63) is 64.7 Å². The Kier molecular flexibility index (Phi) is 5.21. The standard InChI is InChI=1S/C21H24O3S/c1-21(2,3)20(22)24-19-16-8-6-5-7-15(16)13-25-18-11-14(12-23-4)9-10-17(18)19/h5-11,19H,12-13H2,1-4H3. The summed E-state index contributed by atoms with van der Waals surface area (Å²) in [7, 11) is 1.70. The van der Waals surface area contributed by atoms with Crippen LogP contribution in [-0.4, -0.2) is 13.1 Å². The van der Waals surface area contributed by atoms with Crippen LogP contribution in [0.5, 0.6) is 0 Å². The molecule has 0 spiro atoms. The predicted molar refractivity (Wildman–Crippen MR) is 101 cm³/mol. The number of fused-ring (bicyclic) bond motifs is 2. The van der Waals surface area contributed by atoms with Crippen LogP contribution in [0.15, 0.2) is 47.4 Å². The lowest BCUT2D eigenvalue weighted by molar-refractivity contribution is -0.157. The maximum absolute atomic E-state index is 12.6. The number of esters is 1. The summed E-state index contributed by atoms with van der Waals surface area (Å²) in [6.45, 7) is 6.23. The molecule has 1 aliphatic heterocycles. The van der Waals surface area contributed by atoms with E-state index >= 15 is 0 Å². The highest BCUT2D eigenvalue weighted by Crippen LogP contribution is 2.42.